The molecule has 0 saturated heterocycles. The number of aromatic hydroxyl groups is 3. The highest BCUT2D eigenvalue weighted by molar-refractivity contribution is 5.87. The van der Waals surface area contributed by atoms with Gasteiger partial charge in [0.1, 0.15) is 22.5 Å². The lowest BCUT2D eigenvalue weighted by atomic mass is 9.96. The molecule has 0 aliphatic heterocycles. The predicted octanol–water partition coefficient (Wildman–Crippen LogP) is 0.934. The molecule has 0 fully saturated rings. The molecule has 0 spiro atoms. The van der Waals surface area contributed by atoms with Crippen molar-refractivity contribution in [2.45, 2.75) is 12.2 Å². The quantitative estimate of drug-likeness (QED) is 0.495. The Bertz CT molecular complexity index is 887. The Morgan fingerprint density at radius 1 is 1.14 bits per heavy atom. The van der Waals surface area contributed by atoms with E-state index in [4.69, 9.17) is 4.42 Å². The van der Waals surface area contributed by atoms with Crippen LogP contribution in [0.2, 0.25) is 0 Å². The fraction of sp³-hybridized carbons (Fsp3) is 0.133. The van der Waals surface area contributed by atoms with Gasteiger partial charge in [0.25, 0.3) is 0 Å². The summed E-state index contributed by atoms with van der Waals surface area (Å²) in [4.78, 5) is 12.2. The maximum Gasteiger partial charge on any atom is 0.238 e. The zero-order valence-corrected chi connectivity index (χ0v) is 11.1. The van der Waals surface area contributed by atoms with Crippen molar-refractivity contribution in [1.82, 2.24) is 0 Å². The van der Waals surface area contributed by atoms with E-state index in [0.29, 0.717) is 0 Å². The molecule has 114 valence electrons. The van der Waals surface area contributed by atoms with Crippen molar-refractivity contribution in [2.24, 2.45) is 0 Å². The molecule has 7 nitrogen and oxygen atoms in total. The molecule has 1 aromatic carbocycles. The molecule has 3 rings (SSSR count). The number of phenolic OH excluding ortho intramolecular Hbond substituents is 2. The zero-order chi connectivity index (χ0) is 16.1. The van der Waals surface area contributed by atoms with Gasteiger partial charge < -0.3 is 29.9 Å². The second-order valence-corrected chi connectivity index (χ2v) is 5.05. The SMILES string of the molecule is O=c1c(O)c(C2=CC=CC(O)(O)C2)oc2cc(O)cc(O)c12. The van der Waals surface area contributed by atoms with Crippen molar-refractivity contribution in [3.63, 3.8) is 0 Å². The molecule has 1 heterocycles. The summed E-state index contributed by atoms with van der Waals surface area (Å²) in [6.45, 7) is 0. The molecule has 0 atom stereocenters. The third-order valence-electron chi connectivity index (χ3n) is 3.34. The molecule has 1 aliphatic carbocycles. The zero-order valence-electron chi connectivity index (χ0n) is 11.1. The number of phenols is 2. The van der Waals surface area contributed by atoms with Gasteiger partial charge in [0, 0.05) is 24.1 Å². The fourth-order valence-electron chi connectivity index (χ4n) is 2.37. The van der Waals surface area contributed by atoms with E-state index in [0.717, 1.165) is 18.2 Å². The second-order valence-electron chi connectivity index (χ2n) is 5.05. The van der Waals surface area contributed by atoms with Gasteiger partial charge in [-0.2, -0.15) is 0 Å². The Hall–Kier alpha value is -2.77. The van der Waals surface area contributed by atoms with Crippen molar-refractivity contribution in [1.29, 1.82) is 0 Å². The van der Waals surface area contributed by atoms with E-state index in [1.54, 1.807) is 0 Å². The van der Waals surface area contributed by atoms with Crippen molar-refractivity contribution in [2.75, 3.05) is 0 Å². The first-order chi connectivity index (χ1) is 10.3. The van der Waals surface area contributed by atoms with Crippen LogP contribution in [0.5, 0.6) is 17.2 Å². The van der Waals surface area contributed by atoms with E-state index in [2.05, 4.69) is 0 Å². The fourth-order valence-corrected chi connectivity index (χ4v) is 2.37. The third kappa shape index (κ3) is 2.22. The Balaban J connectivity index is 2.29. The van der Waals surface area contributed by atoms with Crippen molar-refractivity contribution in [3.05, 3.63) is 46.3 Å². The summed E-state index contributed by atoms with van der Waals surface area (Å²) in [5.41, 5.74) is -0.829. The molecule has 0 amide bonds. The summed E-state index contributed by atoms with van der Waals surface area (Å²) in [5.74, 6) is -3.97. The lowest BCUT2D eigenvalue weighted by Crippen LogP contribution is -2.26. The third-order valence-corrected chi connectivity index (χ3v) is 3.34. The molecule has 22 heavy (non-hydrogen) atoms. The van der Waals surface area contributed by atoms with Crippen LogP contribution in [0.3, 0.4) is 0 Å². The molecule has 0 radical (unpaired) electrons. The smallest absolute Gasteiger partial charge is 0.238 e. The van der Waals surface area contributed by atoms with Gasteiger partial charge in [-0.05, 0) is 6.08 Å². The van der Waals surface area contributed by atoms with E-state index in [9.17, 15) is 30.3 Å². The lowest BCUT2D eigenvalue weighted by Gasteiger charge is -2.22. The molecule has 1 aromatic heterocycles. The Morgan fingerprint density at radius 3 is 2.55 bits per heavy atom. The minimum atomic E-state index is -2.12. The Morgan fingerprint density at radius 2 is 1.86 bits per heavy atom. The maximum atomic E-state index is 12.2. The molecular weight excluding hydrogens is 292 g/mol. The van der Waals surface area contributed by atoms with Crippen molar-refractivity contribution < 1.29 is 29.9 Å². The molecule has 0 unspecified atom stereocenters. The minimum Gasteiger partial charge on any atom is -0.508 e. The Labute approximate surface area is 123 Å². The first kappa shape index (κ1) is 14.2. The van der Waals surface area contributed by atoms with Crippen LogP contribution in [0.25, 0.3) is 16.5 Å². The number of allylic oxidation sites excluding steroid dienone is 2. The topological polar surface area (TPSA) is 131 Å². The van der Waals surface area contributed by atoms with E-state index in [-0.39, 0.29) is 34.5 Å². The van der Waals surface area contributed by atoms with Crippen molar-refractivity contribution in [3.8, 4) is 17.2 Å². The standard InChI is InChI=1S/C15H12O7/c16-8-4-9(17)11-10(5-8)22-14(13(19)12(11)18)7-2-1-3-15(20,21)6-7/h1-5,16-17,19-21H,6H2. The summed E-state index contributed by atoms with van der Waals surface area (Å²) < 4.78 is 5.37. The monoisotopic (exact) mass is 304 g/mol. The molecule has 0 bridgehead atoms. The average Bonchev–Trinajstić information content (AvgIpc) is 2.40. The maximum absolute atomic E-state index is 12.2. The highest BCUT2D eigenvalue weighted by Gasteiger charge is 2.28. The van der Waals surface area contributed by atoms with Gasteiger partial charge in [0.2, 0.25) is 11.2 Å². The summed E-state index contributed by atoms with van der Waals surface area (Å²) in [6, 6.07) is 2.07. The molecule has 1 aliphatic rings. The highest BCUT2D eigenvalue weighted by Crippen LogP contribution is 2.36. The van der Waals surface area contributed by atoms with Crippen LogP contribution in [0.1, 0.15) is 12.2 Å². The number of fused-ring (bicyclic) bond motifs is 1. The van der Waals surface area contributed by atoms with E-state index < -0.39 is 22.7 Å². The number of hydrogen-bond acceptors (Lipinski definition) is 7. The van der Waals surface area contributed by atoms with E-state index in [1.807, 2.05) is 0 Å². The second kappa shape index (κ2) is 4.62. The van der Waals surface area contributed by atoms with Gasteiger partial charge in [0.15, 0.2) is 11.5 Å². The number of hydrogen-bond donors (Lipinski definition) is 5. The van der Waals surface area contributed by atoms with E-state index >= 15 is 0 Å². The first-order valence-corrected chi connectivity index (χ1v) is 6.34. The van der Waals surface area contributed by atoms with Crippen LogP contribution in [-0.2, 0) is 0 Å². The largest absolute Gasteiger partial charge is 0.508 e. The summed E-state index contributed by atoms with van der Waals surface area (Å²) in [7, 11) is 0. The number of aliphatic hydroxyl groups is 2. The number of benzene rings is 1. The normalized spacial score (nSPS) is 16.7. The van der Waals surface area contributed by atoms with Crippen LogP contribution in [0.4, 0.5) is 0 Å². The highest BCUT2D eigenvalue weighted by atomic mass is 16.5. The summed E-state index contributed by atoms with van der Waals surface area (Å²) >= 11 is 0. The molecular formula is C15H12O7. The van der Waals surface area contributed by atoms with Crippen LogP contribution in [-0.4, -0.2) is 31.3 Å². The summed E-state index contributed by atoms with van der Waals surface area (Å²) in [5, 5.41) is 48.1. The van der Waals surface area contributed by atoms with Crippen LogP contribution in [0.15, 0.2) is 39.6 Å². The predicted molar refractivity (Wildman–Crippen MR) is 76.4 cm³/mol. The first-order valence-electron chi connectivity index (χ1n) is 6.34. The van der Waals surface area contributed by atoms with Gasteiger partial charge in [-0.25, -0.2) is 0 Å². The van der Waals surface area contributed by atoms with Gasteiger partial charge in [0.05, 0.1) is 0 Å². The molecule has 2 aromatic rings. The van der Waals surface area contributed by atoms with Gasteiger partial charge in [-0.3, -0.25) is 4.79 Å². The van der Waals surface area contributed by atoms with Crippen LogP contribution < -0.4 is 5.43 Å². The average molecular weight is 304 g/mol. The lowest BCUT2D eigenvalue weighted by molar-refractivity contribution is -0.113. The molecule has 7 heteroatoms. The minimum absolute atomic E-state index is 0.132. The van der Waals surface area contributed by atoms with Gasteiger partial charge in [-0.15, -0.1) is 0 Å². The van der Waals surface area contributed by atoms with E-state index in [1.165, 1.54) is 12.2 Å². The van der Waals surface area contributed by atoms with Gasteiger partial charge in [-0.1, -0.05) is 12.2 Å². The summed E-state index contributed by atoms with van der Waals surface area (Å²) in [6.07, 6.45) is 3.65. The Kier molecular flexibility index (Phi) is 2.98. The number of rotatable bonds is 1. The molecule has 0 saturated carbocycles. The van der Waals surface area contributed by atoms with Crippen LogP contribution >= 0.6 is 0 Å². The van der Waals surface area contributed by atoms with Crippen LogP contribution in [0, 0.1) is 0 Å². The van der Waals surface area contributed by atoms with Gasteiger partial charge >= 0.3 is 0 Å². The molecule has 5 N–H and O–H groups in total. The van der Waals surface area contributed by atoms with Crippen molar-refractivity contribution >= 4 is 16.5 Å².